The lowest BCUT2D eigenvalue weighted by molar-refractivity contribution is -0.0515. The van der Waals surface area contributed by atoms with E-state index in [1.807, 2.05) is 31.3 Å². The Morgan fingerprint density at radius 3 is 2.62 bits per heavy atom. The van der Waals surface area contributed by atoms with E-state index in [0.29, 0.717) is 18.9 Å². The monoisotopic (exact) mass is 442 g/mol. The van der Waals surface area contributed by atoms with Crippen molar-refractivity contribution in [3.05, 3.63) is 72.1 Å². The van der Waals surface area contributed by atoms with Crippen molar-refractivity contribution in [1.82, 2.24) is 15.6 Å². The van der Waals surface area contributed by atoms with Gasteiger partial charge in [-0.2, -0.15) is 14.0 Å². The average Bonchev–Trinajstić information content (AvgIpc) is 3.24. The van der Waals surface area contributed by atoms with Gasteiger partial charge in [-0.3, -0.25) is 10.4 Å². The molecule has 0 amide bonds. The number of alkyl halides is 2. The SMILES string of the molecule is CC(CN1C=CNN1C#N)c1ccc(OC(F)F)c(OCCCCCc2ccccc2)c1. The van der Waals surface area contributed by atoms with Gasteiger partial charge in [0.2, 0.25) is 6.19 Å². The van der Waals surface area contributed by atoms with Gasteiger partial charge in [0.1, 0.15) is 0 Å². The number of ether oxygens (including phenoxy) is 2. The van der Waals surface area contributed by atoms with Crippen LogP contribution in [0.25, 0.3) is 0 Å². The van der Waals surface area contributed by atoms with E-state index in [1.54, 1.807) is 29.5 Å². The van der Waals surface area contributed by atoms with Gasteiger partial charge in [0, 0.05) is 24.9 Å². The number of benzene rings is 2. The van der Waals surface area contributed by atoms with E-state index in [2.05, 4.69) is 22.3 Å². The maximum atomic E-state index is 12.8. The lowest BCUT2D eigenvalue weighted by atomic mass is 10.0. The third-order valence-corrected chi connectivity index (χ3v) is 5.22. The fraction of sp³-hybridized carbons (Fsp3) is 0.375. The molecule has 1 atom stereocenters. The smallest absolute Gasteiger partial charge is 0.387 e. The van der Waals surface area contributed by atoms with Crippen molar-refractivity contribution in [3.63, 3.8) is 0 Å². The molecule has 2 aromatic carbocycles. The summed E-state index contributed by atoms with van der Waals surface area (Å²) in [6, 6.07) is 15.3. The molecular formula is C24H28F2N4O2. The van der Waals surface area contributed by atoms with Crippen LogP contribution in [0.4, 0.5) is 8.78 Å². The van der Waals surface area contributed by atoms with Crippen molar-refractivity contribution in [1.29, 1.82) is 5.26 Å². The molecule has 3 rings (SSSR count). The highest BCUT2D eigenvalue weighted by atomic mass is 19.3. The van der Waals surface area contributed by atoms with Crippen LogP contribution < -0.4 is 14.9 Å². The van der Waals surface area contributed by atoms with E-state index >= 15 is 0 Å². The van der Waals surface area contributed by atoms with E-state index in [1.165, 1.54) is 16.7 Å². The first kappa shape index (κ1) is 23.2. The number of nitrogens with zero attached hydrogens (tertiary/aromatic N) is 3. The number of nitrogens with one attached hydrogen (secondary N) is 1. The number of hydrogen-bond acceptors (Lipinski definition) is 6. The lowest BCUT2D eigenvalue weighted by Gasteiger charge is -2.26. The van der Waals surface area contributed by atoms with Crippen molar-refractivity contribution >= 4 is 0 Å². The molecule has 1 N–H and O–H groups in total. The molecule has 0 bridgehead atoms. The second kappa shape index (κ2) is 11.8. The van der Waals surface area contributed by atoms with Crippen LogP contribution >= 0.6 is 0 Å². The van der Waals surface area contributed by atoms with Gasteiger partial charge in [-0.15, -0.1) is 5.12 Å². The summed E-state index contributed by atoms with van der Waals surface area (Å²) < 4.78 is 36.1. The first-order valence-electron chi connectivity index (χ1n) is 10.7. The van der Waals surface area contributed by atoms with Gasteiger partial charge in [-0.1, -0.05) is 43.3 Å². The molecule has 1 aliphatic heterocycles. The summed E-state index contributed by atoms with van der Waals surface area (Å²) in [7, 11) is 0. The first-order chi connectivity index (χ1) is 15.6. The Labute approximate surface area is 187 Å². The van der Waals surface area contributed by atoms with Gasteiger partial charge in [0.25, 0.3) is 0 Å². The molecule has 1 aliphatic rings. The van der Waals surface area contributed by atoms with Crippen molar-refractivity contribution in [2.75, 3.05) is 13.2 Å². The van der Waals surface area contributed by atoms with Crippen LogP contribution in [0.5, 0.6) is 11.5 Å². The molecule has 1 heterocycles. The van der Waals surface area contributed by atoms with Crippen LogP contribution in [0.1, 0.15) is 43.2 Å². The zero-order valence-corrected chi connectivity index (χ0v) is 18.1. The summed E-state index contributed by atoms with van der Waals surface area (Å²) in [4.78, 5) is 0. The number of aryl methyl sites for hydroxylation is 1. The Kier molecular flexibility index (Phi) is 8.55. The lowest BCUT2D eigenvalue weighted by Crippen LogP contribution is -2.39. The van der Waals surface area contributed by atoms with Gasteiger partial charge >= 0.3 is 6.61 Å². The predicted molar refractivity (Wildman–Crippen MR) is 117 cm³/mol. The second-order valence-corrected chi connectivity index (χ2v) is 7.61. The van der Waals surface area contributed by atoms with E-state index in [0.717, 1.165) is 31.2 Å². The quantitative estimate of drug-likeness (QED) is 0.361. The minimum Gasteiger partial charge on any atom is -0.490 e. The van der Waals surface area contributed by atoms with Crippen molar-refractivity contribution in [3.8, 4) is 17.7 Å². The predicted octanol–water partition coefficient (Wildman–Crippen LogP) is 5.17. The summed E-state index contributed by atoms with van der Waals surface area (Å²) in [6.07, 6.45) is 9.31. The fourth-order valence-corrected chi connectivity index (χ4v) is 3.52. The molecular weight excluding hydrogens is 414 g/mol. The number of hydrogen-bond donors (Lipinski definition) is 1. The topological polar surface area (TPSA) is 60.8 Å². The molecule has 8 heteroatoms. The Morgan fingerprint density at radius 1 is 1.06 bits per heavy atom. The summed E-state index contributed by atoms with van der Waals surface area (Å²) in [5, 5.41) is 12.2. The van der Waals surface area contributed by atoms with Crippen LogP contribution in [0.3, 0.4) is 0 Å². The molecule has 0 saturated heterocycles. The number of hydrazine groups is 2. The minimum absolute atomic E-state index is 0.0178. The average molecular weight is 443 g/mol. The van der Waals surface area contributed by atoms with Gasteiger partial charge in [0.05, 0.1) is 6.61 Å². The molecule has 0 aromatic heterocycles. The zero-order valence-electron chi connectivity index (χ0n) is 18.1. The molecule has 170 valence electrons. The van der Waals surface area contributed by atoms with Crippen LogP contribution in [0, 0.1) is 11.5 Å². The van der Waals surface area contributed by atoms with Crippen molar-refractivity contribution < 1.29 is 18.3 Å². The maximum Gasteiger partial charge on any atom is 0.387 e. The van der Waals surface area contributed by atoms with Crippen LogP contribution in [-0.2, 0) is 6.42 Å². The van der Waals surface area contributed by atoms with Crippen LogP contribution in [0.2, 0.25) is 0 Å². The molecule has 2 aromatic rings. The van der Waals surface area contributed by atoms with E-state index < -0.39 is 6.61 Å². The summed E-state index contributed by atoms with van der Waals surface area (Å²) in [5.74, 6) is 0.357. The Balaban J connectivity index is 1.55. The number of halogens is 2. The van der Waals surface area contributed by atoms with E-state index in [-0.39, 0.29) is 11.7 Å². The standard InChI is InChI=1S/C24H28F2N4O2/c1-19(17-29-14-13-28-30(29)18-27)21-11-12-22(32-24(25)26)23(16-21)31-15-7-3-6-10-20-8-4-2-5-9-20/h2,4-5,8-9,11-14,16,19,24,28H,3,6-7,10,15,17H2,1H3. The third-order valence-electron chi connectivity index (χ3n) is 5.22. The highest BCUT2D eigenvalue weighted by Gasteiger charge is 2.20. The van der Waals surface area contributed by atoms with Gasteiger partial charge in [-0.05, 0) is 48.9 Å². The third kappa shape index (κ3) is 6.77. The summed E-state index contributed by atoms with van der Waals surface area (Å²) in [5.41, 5.74) is 5.01. The summed E-state index contributed by atoms with van der Waals surface area (Å²) >= 11 is 0. The largest absolute Gasteiger partial charge is 0.490 e. The number of rotatable bonds is 12. The molecule has 0 radical (unpaired) electrons. The molecule has 0 aliphatic carbocycles. The Bertz CT molecular complexity index is 918. The zero-order chi connectivity index (χ0) is 22.8. The van der Waals surface area contributed by atoms with Gasteiger partial charge in [0.15, 0.2) is 11.5 Å². The van der Waals surface area contributed by atoms with Gasteiger partial charge in [-0.25, -0.2) is 0 Å². The van der Waals surface area contributed by atoms with Gasteiger partial charge < -0.3 is 9.47 Å². The van der Waals surface area contributed by atoms with Crippen molar-refractivity contribution in [2.24, 2.45) is 0 Å². The highest BCUT2D eigenvalue weighted by Crippen LogP contribution is 2.33. The fourth-order valence-electron chi connectivity index (χ4n) is 3.52. The maximum absolute atomic E-state index is 12.8. The van der Waals surface area contributed by atoms with Crippen LogP contribution in [0.15, 0.2) is 60.9 Å². The second-order valence-electron chi connectivity index (χ2n) is 7.61. The highest BCUT2D eigenvalue weighted by molar-refractivity contribution is 5.44. The molecule has 32 heavy (non-hydrogen) atoms. The summed E-state index contributed by atoms with van der Waals surface area (Å²) in [6.45, 7) is 0.0348. The van der Waals surface area contributed by atoms with Crippen molar-refractivity contribution in [2.45, 2.75) is 45.1 Å². The molecule has 1 unspecified atom stereocenters. The van der Waals surface area contributed by atoms with E-state index in [4.69, 9.17) is 10.00 Å². The first-order valence-corrected chi connectivity index (χ1v) is 10.7. The molecule has 6 nitrogen and oxygen atoms in total. The molecule has 0 spiro atoms. The Morgan fingerprint density at radius 2 is 1.88 bits per heavy atom. The normalized spacial score (nSPS) is 13.7. The Hall–Kier alpha value is -3.47. The number of nitriles is 1. The molecule has 0 fully saturated rings. The molecule has 0 saturated carbocycles. The minimum atomic E-state index is -2.92. The number of unbranched alkanes of at least 4 members (excludes halogenated alkanes) is 2. The van der Waals surface area contributed by atoms with E-state index in [9.17, 15) is 8.78 Å². The van der Waals surface area contributed by atoms with Crippen LogP contribution in [-0.4, -0.2) is 29.9 Å².